The molecule has 4 heteroatoms. The molecule has 0 aliphatic carbocycles. The summed E-state index contributed by atoms with van der Waals surface area (Å²) in [5, 5.41) is 12.8. The van der Waals surface area contributed by atoms with E-state index in [1.54, 1.807) is 18.2 Å². The summed E-state index contributed by atoms with van der Waals surface area (Å²) in [5.74, 6) is -0.487. The highest BCUT2D eigenvalue weighted by molar-refractivity contribution is 6.14. The number of hydrogen-bond acceptors (Lipinski definition) is 2. The van der Waals surface area contributed by atoms with Crippen molar-refractivity contribution in [2.75, 3.05) is 5.32 Å². The molecule has 0 aromatic heterocycles. The van der Waals surface area contributed by atoms with E-state index < -0.39 is 5.97 Å². The largest absolute Gasteiger partial charge is 0.478 e. The van der Waals surface area contributed by atoms with Crippen molar-refractivity contribution in [3.8, 4) is 0 Å². The lowest BCUT2D eigenvalue weighted by Crippen LogP contribution is -2.17. The Morgan fingerprint density at radius 3 is 1.92 bits per heavy atom. The second kappa shape index (κ2) is 7.66. The van der Waals surface area contributed by atoms with E-state index in [4.69, 9.17) is 0 Å². The maximum absolute atomic E-state index is 11.6. The Balaban J connectivity index is 2.08. The van der Waals surface area contributed by atoms with E-state index in [1.165, 1.54) is 0 Å². The molecule has 3 aromatic carbocycles. The number of nitrogens with zero attached hydrogens (tertiary/aromatic N) is 1. The average Bonchev–Trinajstić information content (AvgIpc) is 2.64. The van der Waals surface area contributed by atoms with Gasteiger partial charge in [-0.05, 0) is 44.2 Å². The standard InChI is InChI=1S/C22H20N2O2/c1-15-7-11-17(12-8-15)23-21(24-18-13-9-16(2)10-14-18)19-5-3-4-6-20(19)22(25)26/h3-14H,1-2H3,(H,23,24)(H,25,26). The molecule has 0 bridgehead atoms. The van der Waals surface area contributed by atoms with Gasteiger partial charge in [0.05, 0.1) is 11.3 Å². The van der Waals surface area contributed by atoms with Crippen molar-refractivity contribution in [2.45, 2.75) is 13.8 Å². The minimum atomic E-state index is -0.983. The third kappa shape index (κ3) is 4.16. The Bertz CT molecular complexity index is 943. The first-order valence-electron chi connectivity index (χ1n) is 8.35. The van der Waals surface area contributed by atoms with Crippen LogP contribution in [0.5, 0.6) is 0 Å². The van der Waals surface area contributed by atoms with Crippen molar-refractivity contribution in [1.82, 2.24) is 0 Å². The van der Waals surface area contributed by atoms with Crippen LogP contribution >= 0.6 is 0 Å². The van der Waals surface area contributed by atoms with Gasteiger partial charge in [0.25, 0.3) is 0 Å². The minimum absolute atomic E-state index is 0.206. The number of benzene rings is 3. The lowest BCUT2D eigenvalue weighted by atomic mass is 10.1. The summed E-state index contributed by atoms with van der Waals surface area (Å²) >= 11 is 0. The van der Waals surface area contributed by atoms with Crippen molar-refractivity contribution < 1.29 is 9.90 Å². The fourth-order valence-corrected chi connectivity index (χ4v) is 2.55. The molecule has 0 unspecified atom stereocenters. The summed E-state index contributed by atoms with van der Waals surface area (Å²) in [7, 11) is 0. The first-order chi connectivity index (χ1) is 12.5. The molecule has 0 radical (unpaired) electrons. The second-order valence-electron chi connectivity index (χ2n) is 6.14. The van der Waals surface area contributed by atoms with Gasteiger partial charge in [0.1, 0.15) is 5.84 Å². The molecule has 0 heterocycles. The van der Waals surface area contributed by atoms with Gasteiger partial charge in [0, 0.05) is 11.3 Å². The van der Waals surface area contributed by atoms with Gasteiger partial charge in [0.15, 0.2) is 0 Å². The van der Waals surface area contributed by atoms with Crippen molar-refractivity contribution in [3.63, 3.8) is 0 Å². The summed E-state index contributed by atoms with van der Waals surface area (Å²) in [6.45, 7) is 4.03. The molecule has 2 N–H and O–H groups in total. The van der Waals surface area contributed by atoms with Gasteiger partial charge in [0.2, 0.25) is 0 Å². The molecule has 0 atom stereocenters. The van der Waals surface area contributed by atoms with Gasteiger partial charge >= 0.3 is 5.97 Å². The first kappa shape index (κ1) is 17.4. The fraction of sp³-hybridized carbons (Fsp3) is 0.0909. The number of carboxylic acid groups (broad SMARTS) is 1. The summed E-state index contributed by atoms with van der Waals surface area (Å²) in [6.07, 6.45) is 0. The zero-order valence-corrected chi connectivity index (χ0v) is 14.7. The third-order valence-corrected chi connectivity index (χ3v) is 4.00. The molecule has 130 valence electrons. The van der Waals surface area contributed by atoms with Crippen LogP contribution in [0.4, 0.5) is 11.4 Å². The van der Waals surface area contributed by atoms with Crippen LogP contribution in [0.25, 0.3) is 0 Å². The molecule has 0 amide bonds. The number of carboxylic acids is 1. The summed E-state index contributed by atoms with van der Waals surface area (Å²) in [4.78, 5) is 16.3. The second-order valence-corrected chi connectivity index (χ2v) is 6.14. The Kier molecular flexibility index (Phi) is 5.13. The molecule has 0 saturated heterocycles. The van der Waals surface area contributed by atoms with E-state index >= 15 is 0 Å². The normalized spacial score (nSPS) is 11.2. The number of nitrogens with one attached hydrogen (secondary N) is 1. The van der Waals surface area contributed by atoms with Crippen LogP contribution in [-0.4, -0.2) is 16.9 Å². The molecule has 3 rings (SSSR count). The van der Waals surface area contributed by atoms with E-state index in [1.807, 2.05) is 68.4 Å². The maximum Gasteiger partial charge on any atom is 0.336 e. The highest BCUT2D eigenvalue weighted by Gasteiger charge is 2.15. The lowest BCUT2D eigenvalue weighted by molar-refractivity contribution is 0.0696. The van der Waals surface area contributed by atoms with Gasteiger partial charge in [-0.25, -0.2) is 9.79 Å². The number of anilines is 1. The monoisotopic (exact) mass is 344 g/mol. The van der Waals surface area contributed by atoms with Crippen LogP contribution < -0.4 is 5.32 Å². The number of aliphatic imine (C=N–C) groups is 1. The number of amidine groups is 1. The minimum Gasteiger partial charge on any atom is -0.478 e. The lowest BCUT2D eigenvalue weighted by Gasteiger charge is -2.13. The molecule has 4 nitrogen and oxygen atoms in total. The SMILES string of the molecule is Cc1ccc(N=C(Nc2ccc(C)cc2)c2ccccc2C(=O)O)cc1. The van der Waals surface area contributed by atoms with Gasteiger partial charge in [-0.3, -0.25) is 0 Å². The van der Waals surface area contributed by atoms with Gasteiger partial charge in [-0.2, -0.15) is 0 Å². The molecular formula is C22H20N2O2. The van der Waals surface area contributed by atoms with Crippen LogP contribution in [0.2, 0.25) is 0 Å². The summed E-state index contributed by atoms with van der Waals surface area (Å²) in [6, 6.07) is 22.5. The molecule has 0 saturated carbocycles. The Morgan fingerprint density at radius 1 is 0.808 bits per heavy atom. The third-order valence-electron chi connectivity index (χ3n) is 4.00. The van der Waals surface area contributed by atoms with E-state index in [9.17, 15) is 9.90 Å². The molecular weight excluding hydrogens is 324 g/mol. The average molecular weight is 344 g/mol. The summed E-state index contributed by atoms with van der Waals surface area (Å²) < 4.78 is 0. The van der Waals surface area contributed by atoms with Crippen molar-refractivity contribution in [2.24, 2.45) is 4.99 Å². The van der Waals surface area contributed by atoms with Gasteiger partial charge in [-0.15, -0.1) is 0 Å². The van der Waals surface area contributed by atoms with Crippen LogP contribution in [-0.2, 0) is 0 Å². The van der Waals surface area contributed by atoms with Crippen molar-refractivity contribution in [3.05, 3.63) is 95.1 Å². The van der Waals surface area contributed by atoms with Crippen LogP contribution in [0.1, 0.15) is 27.0 Å². The zero-order valence-electron chi connectivity index (χ0n) is 14.7. The fourth-order valence-electron chi connectivity index (χ4n) is 2.55. The van der Waals surface area contributed by atoms with E-state index in [-0.39, 0.29) is 5.56 Å². The van der Waals surface area contributed by atoms with Crippen LogP contribution in [0.15, 0.2) is 77.8 Å². The van der Waals surface area contributed by atoms with Crippen molar-refractivity contribution >= 4 is 23.2 Å². The van der Waals surface area contributed by atoms with Crippen LogP contribution in [0, 0.1) is 13.8 Å². The van der Waals surface area contributed by atoms with E-state index in [0.717, 1.165) is 22.5 Å². The Labute approximate surface area is 152 Å². The first-order valence-corrected chi connectivity index (χ1v) is 8.35. The van der Waals surface area contributed by atoms with E-state index in [2.05, 4.69) is 10.3 Å². The quantitative estimate of drug-likeness (QED) is 0.505. The number of carbonyl (C=O) groups is 1. The van der Waals surface area contributed by atoms with Gasteiger partial charge in [-0.1, -0.05) is 53.6 Å². The predicted molar refractivity (Wildman–Crippen MR) is 106 cm³/mol. The highest BCUT2D eigenvalue weighted by atomic mass is 16.4. The predicted octanol–water partition coefficient (Wildman–Crippen LogP) is 5.19. The smallest absolute Gasteiger partial charge is 0.336 e. The molecule has 26 heavy (non-hydrogen) atoms. The molecule has 3 aromatic rings. The molecule has 0 aliphatic heterocycles. The Hall–Kier alpha value is -3.40. The zero-order chi connectivity index (χ0) is 18.5. The van der Waals surface area contributed by atoms with E-state index in [0.29, 0.717) is 11.4 Å². The molecule has 0 spiro atoms. The number of rotatable bonds is 4. The number of hydrogen-bond donors (Lipinski definition) is 2. The molecule has 0 fully saturated rings. The summed E-state index contributed by atoms with van der Waals surface area (Å²) in [5.41, 5.74) is 4.65. The maximum atomic E-state index is 11.6. The van der Waals surface area contributed by atoms with Crippen LogP contribution in [0.3, 0.4) is 0 Å². The number of aryl methyl sites for hydroxylation is 2. The number of aromatic carboxylic acids is 1. The highest BCUT2D eigenvalue weighted by Crippen LogP contribution is 2.19. The Morgan fingerprint density at radius 2 is 1.35 bits per heavy atom. The molecule has 0 aliphatic rings. The van der Waals surface area contributed by atoms with Gasteiger partial charge < -0.3 is 10.4 Å². The van der Waals surface area contributed by atoms with Crippen molar-refractivity contribution in [1.29, 1.82) is 0 Å². The topological polar surface area (TPSA) is 61.7 Å².